The average molecular weight is 454 g/mol. The van der Waals surface area contributed by atoms with Gasteiger partial charge in [-0.2, -0.15) is 0 Å². The molecule has 174 valence electrons. The molecule has 2 aliphatic rings. The van der Waals surface area contributed by atoms with Gasteiger partial charge in [0.1, 0.15) is 0 Å². The fourth-order valence-electron chi connectivity index (χ4n) is 5.45. The molecule has 2 amide bonds. The van der Waals surface area contributed by atoms with Crippen LogP contribution in [0.5, 0.6) is 0 Å². The summed E-state index contributed by atoms with van der Waals surface area (Å²) < 4.78 is 0. The van der Waals surface area contributed by atoms with Crippen molar-refractivity contribution in [1.82, 2.24) is 10.2 Å². The van der Waals surface area contributed by atoms with Gasteiger partial charge < -0.3 is 10.2 Å². The first-order chi connectivity index (χ1) is 16.5. The molecule has 0 aliphatic carbocycles. The van der Waals surface area contributed by atoms with Gasteiger partial charge in [-0.15, -0.1) is 0 Å². The van der Waals surface area contributed by atoms with Gasteiger partial charge in [0.15, 0.2) is 0 Å². The predicted octanol–water partition coefficient (Wildman–Crippen LogP) is 4.73. The lowest BCUT2D eigenvalue weighted by Gasteiger charge is -2.29. The van der Waals surface area contributed by atoms with Gasteiger partial charge in [0, 0.05) is 48.5 Å². The highest BCUT2D eigenvalue weighted by Crippen LogP contribution is 2.35. The van der Waals surface area contributed by atoms with Crippen LogP contribution in [0.4, 0.5) is 5.69 Å². The van der Waals surface area contributed by atoms with Gasteiger partial charge in [-0.25, -0.2) is 0 Å². The van der Waals surface area contributed by atoms with E-state index in [1.54, 1.807) is 0 Å². The summed E-state index contributed by atoms with van der Waals surface area (Å²) in [6, 6.07) is 24.2. The summed E-state index contributed by atoms with van der Waals surface area (Å²) >= 11 is 0. The average Bonchev–Trinajstić information content (AvgIpc) is 3.13. The van der Waals surface area contributed by atoms with Gasteiger partial charge in [0.2, 0.25) is 0 Å². The van der Waals surface area contributed by atoms with Gasteiger partial charge in [-0.3, -0.25) is 14.5 Å². The smallest absolute Gasteiger partial charge is 0.258 e. The number of carbonyl (C=O) groups excluding carboxylic acids is 2. The molecule has 0 radical (unpaired) electrons. The SMILES string of the molecule is Cc1cc(C)cc(C(=O)NC[C@@H]2CC[C@H]3CN(C(=O)c4ccccc4)c4ccccc4CN23)c1. The number of fused-ring (bicyclic) bond motifs is 2. The Labute approximate surface area is 201 Å². The van der Waals surface area contributed by atoms with Gasteiger partial charge in [0.05, 0.1) is 0 Å². The summed E-state index contributed by atoms with van der Waals surface area (Å²) in [6.07, 6.45) is 2.02. The molecule has 5 nitrogen and oxygen atoms in total. The molecule has 2 atom stereocenters. The summed E-state index contributed by atoms with van der Waals surface area (Å²) in [7, 11) is 0. The minimum Gasteiger partial charge on any atom is -0.350 e. The van der Waals surface area contributed by atoms with Crippen LogP contribution < -0.4 is 10.2 Å². The second-order valence-corrected chi connectivity index (χ2v) is 9.55. The zero-order valence-electron chi connectivity index (χ0n) is 19.8. The van der Waals surface area contributed by atoms with E-state index in [0.29, 0.717) is 24.2 Å². The number of benzene rings is 3. The van der Waals surface area contributed by atoms with E-state index in [1.165, 1.54) is 0 Å². The maximum absolute atomic E-state index is 13.5. The number of aryl methyl sites for hydroxylation is 2. The Morgan fingerprint density at radius 1 is 0.882 bits per heavy atom. The Kier molecular flexibility index (Phi) is 6.20. The van der Waals surface area contributed by atoms with E-state index in [0.717, 1.165) is 41.8 Å². The van der Waals surface area contributed by atoms with Crippen LogP contribution >= 0.6 is 0 Å². The summed E-state index contributed by atoms with van der Waals surface area (Å²) in [5.74, 6) is 0.0211. The third kappa shape index (κ3) is 4.48. The van der Waals surface area contributed by atoms with Crippen molar-refractivity contribution >= 4 is 17.5 Å². The molecule has 34 heavy (non-hydrogen) atoms. The Bertz CT molecular complexity index is 1190. The lowest BCUT2D eigenvalue weighted by molar-refractivity contribution is 0.0933. The molecule has 5 rings (SSSR count). The molecule has 1 N–H and O–H groups in total. The van der Waals surface area contributed by atoms with Crippen molar-refractivity contribution in [3.8, 4) is 0 Å². The first-order valence-electron chi connectivity index (χ1n) is 12.1. The lowest BCUT2D eigenvalue weighted by atomic mass is 10.1. The highest BCUT2D eigenvalue weighted by atomic mass is 16.2. The topological polar surface area (TPSA) is 52.7 Å². The monoisotopic (exact) mass is 453 g/mol. The van der Waals surface area contributed by atoms with E-state index in [4.69, 9.17) is 0 Å². The van der Waals surface area contributed by atoms with E-state index in [1.807, 2.05) is 73.3 Å². The minimum absolute atomic E-state index is 0.0219. The van der Waals surface area contributed by atoms with Gasteiger partial charge in [-0.05, 0) is 62.6 Å². The quantitative estimate of drug-likeness (QED) is 0.622. The lowest BCUT2D eigenvalue weighted by Crippen LogP contribution is -2.45. The highest BCUT2D eigenvalue weighted by Gasteiger charge is 2.39. The van der Waals surface area contributed by atoms with Crippen molar-refractivity contribution in [3.63, 3.8) is 0 Å². The molecule has 0 spiro atoms. The van der Waals surface area contributed by atoms with E-state index in [-0.39, 0.29) is 23.9 Å². The van der Waals surface area contributed by atoms with Crippen LogP contribution in [0.2, 0.25) is 0 Å². The number of nitrogens with one attached hydrogen (secondary N) is 1. The van der Waals surface area contributed by atoms with Crippen molar-refractivity contribution in [2.24, 2.45) is 0 Å². The van der Waals surface area contributed by atoms with Crippen molar-refractivity contribution in [2.75, 3.05) is 18.0 Å². The number of carbonyl (C=O) groups is 2. The molecule has 2 heterocycles. The van der Waals surface area contributed by atoms with Gasteiger partial charge in [0.25, 0.3) is 11.8 Å². The Morgan fingerprint density at radius 3 is 2.35 bits per heavy atom. The second-order valence-electron chi connectivity index (χ2n) is 9.55. The minimum atomic E-state index is -0.0219. The van der Waals surface area contributed by atoms with Crippen LogP contribution in [-0.4, -0.2) is 41.9 Å². The molecule has 0 saturated carbocycles. The number of hydrogen-bond donors (Lipinski definition) is 1. The number of amides is 2. The zero-order chi connectivity index (χ0) is 23.7. The Morgan fingerprint density at radius 2 is 1.59 bits per heavy atom. The molecule has 0 bridgehead atoms. The van der Waals surface area contributed by atoms with E-state index in [2.05, 4.69) is 28.4 Å². The molecule has 1 fully saturated rings. The van der Waals surface area contributed by atoms with Crippen LogP contribution in [0, 0.1) is 13.8 Å². The molecule has 3 aromatic rings. The third-order valence-electron chi connectivity index (χ3n) is 7.05. The Balaban J connectivity index is 1.34. The maximum atomic E-state index is 13.5. The van der Waals surface area contributed by atoms with Crippen LogP contribution in [0.3, 0.4) is 0 Å². The van der Waals surface area contributed by atoms with Crippen molar-refractivity contribution in [3.05, 3.63) is 101 Å². The van der Waals surface area contributed by atoms with Crippen LogP contribution in [0.25, 0.3) is 0 Å². The predicted molar refractivity (Wildman–Crippen MR) is 135 cm³/mol. The van der Waals surface area contributed by atoms with Crippen LogP contribution in [-0.2, 0) is 6.54 Å². The van der Waals surface area contributed by atoms with Crippen molar-refractivity contribution < 1.29 is 9.59 Å². The van der Waals surface area contributed by atoms with Crippen molar-refractivity contribution in [1.29, 1.82) is 0 Å². The molecule has 3 aromatic carbocycles. The molecule has 2 aliphatic heterocycles. The third-order valence-corrected chi connectivity index (χ3v) is 7.05. The Hall–Kier alpha value is -3.44. The molecule has 1 saturated heterocycles. The standard InChI is InChI=1S/C29H31N3O2/c1-20-14-21(2)16-24(15-20)28(33)30-17-25-12-13-26-19-32(29(34)22-8-4-3-5-9-22)27-11-7-6-10-23(27)18-31(25)26/h3-11,14-16,25-26H,12-13,17-19H2,1-2H3,(H,30,33)/t25-,26-/m0/s1. The second kappa shape index (κ2) is 9.43. The molecular weight excluding hydrogens is 422 g/mol. The molecule has 0 aromatic heterocycles. The van der Waals surface area contributed by atoms with Gasteiger partial charge >= 0.3 is 0 Å². The number of para-hydroxylation sites is 1. The number of rotatable bonds is 4. The first-order valence-corrected chi connectivity index (χ1v) is 12.1. The fourth-order valence-corrected chi connectivity index (χ4v) is 5.45. The summed E-state index contributed by atoms with van der Waals surface area (Å²) in [6.45, 7) is 6.08. The highest BCUT2D eigenvalue weighted by molar-refractivity contribution is 6.06. The van der Waals surface area contributed by atoms with E-state index in [9.17, 15) is 9.59 Å². The number of anilines is 1. The largest absolute Gasteiger partial charge is 0.350 e. The van der Waals surface area contributed by atoms with Crippen molar-refractivity contribution in [2.45, 2.75) is 45.3 Å². The normalized spacial score (nSPS) is 19.8. The summed E-state index contributed by atoms with van der Waals surface area (Å²) in [5, 5.41) is 3.17. The summed E-state index contributed by atoms with van der Waals surface area (Å²) in [4.78, 5) is 30.7. The molecular formula is C29H31N3O2. The van der Waals surface area contributed by atoms with Crippen LogP contribution in [0.15, 0.2) is 72.8 Å². The van der Waals surface area contributed by atoms with Crippen LogP contribution in [0.1, 0.15) is 50.2 Å². The number of hydrogen-bond acceptors (Lipinski definition) is 3. The fraction of sp³-hybridized carbons (Fsp3) is 0.310. The van der Waals surface area contributed by atoms with Gasteiger partial charge in [-0.1, -0.05) is 53.6 Å². The summed E-state index contributed by atoms with van der Waals surface area (Å²) in [5.41, 5.74) is 5.76. The maximum Gasteiger partial charge on any atom is 0.258 e. The molecule has 0 unspecified atom stereocenters. The number of nitrogens with zero attached hydrogens (tertiary/aromatic N) is 2. The first kappa shape index (κ1) is 22.4. The van der Waals surface area contributed by atoms with E-state index < -0.39 is 0 Å². The zero-order valence-corrected chi connectivity index (χ0v) is 19.8. The molecule has 5 heteroatoms. The van der Waals surface area contributed by atoms with E-state index >= 15 is 0 Å².